The minimum absolute atomic E-state index is 0.0332. The third-order valence-electron chi connectivity index (χ3n) is 5.94. The molecule has 1 amide bonds. The van der Waals surface area contributed by atoms with E-state index in [0.29, 0.717) is 30.1 Å². The van der Waals surface area contributed by atoms with Crippen molar-refractivity contribution in [1.82, 2.24) is 19.7 Å². The van der Waals surface area contributed by atoms with Crippen molar-refractivity contribution in [3.05, 3.63) is 23.5 Å². The van der Waals surface area contributed by atoms with Crippen LogP contribution < -0.4 is 0 Å². The van der Waals surface area contributed by atoms with Crippen LogP contribution in [0.3, 0.4) is 0 Å². The molecule has 4 rings (SSSR count). The number of carboxylic acids is 1. The quantitative estimate of drug-likeness (QED) is 0.913. The van der Waals surface area contributed by atoms with E-state index in [2.05, 4.69) is 10.1 Å². The number of hydrogen-bond acceptors (Lipinski definition) is 4. The summed E-state index contributed by atoms with van der Waals surface area (Å²) in [5.74, 6) is -0.810. The highest BCUT2D eigenvalue weighted by Crippen LogP contribution is 2.40. The molecule has 7 nitrogen and oxygen atoms in total. The number of carbonyl (C=O) groups excluding carboxylic acids is 1. The number of aromatic nitrogens is 3. The van der Waals surface area contributed by atoms with Crippen LogP contribution in [0.15, 0.2) is 12.3 Å². The highest BCUT2D eigenvalue weighted by Gasteiger charge is 2.48. The number of hydrogen-bond donors (Lipinski definition) is 1. The molecule has 7 heteroatoms. The molecule has 0 bridgehead atoms. The molecule has 1 N–H and O–H groups in total. The van der Waals surface area contributed by atoms with Gasteiger partial charge in [0, 0.05) is 18.0 Å². The van der Waals surface area contributed by atoms with Crippen LogP contribution in [0.2, 0.25) is 0 Å². The largest absolute Gasteiger partial charge is 0.480 e. The smallest absolute Gasteiger partial charge is 0.326 e. The molecule has 3 heterocycles. The predicted octanol–water partition coefficient (Wildman–Crippen LogP) is 2.62. The molecule has 0 spiro atoms. The number of fused-ring (bicyclic) bond motifs is 2. The summed E-state index contributed by atoms with van der Waals surface area (Å²) >= 11 is 0. The fraction of sp³-hybridized carbons (Fsp3) is 0.579. The van der Waals surface area contributed by atoms with Gasteiger partial charge in [0.2, 0.25) is 0 Å². The molecule has 2 fully saturated rings. The van der Waals surface area contributed by atoms with Crippen LogP contribution >= 0.6 is 0 Å². The molecule has 26 heavy (non-hydrogen) atoms. The first-order valence-corrected chi connectivity index (χ1v) is 9.40. The molecule has 1 aliphatic carbocycles. The lowest BCUT2D eigenvalue weighted by Gasteiger charge is -2.33. The van der Waals surface area contributed by atoms with Gasteiger partial charge >= 0.3 is 5.97 Å². The normalized spacial score (nSPS) is 25.5. The number of pyridine rings is 1. The van der Waals surface area contributed by atoms with Gasteiger partial charge in [0.15, 0.2) is 5.65 Å². The minimum Gasteiger partial charge on any atom is -0.480 e. The maximum atomic E-state index is 13.4. The molecule has 0 radical (unpaired) electrons. The number of amides is 1. The number of aryl methyl sites for hydroxylation is 2. The Morgan fingerprint density at radius 3 is 2.81 bits per heavy atom. The maximum Gasteiger partial charge on any atom is 0.326 e. The molecule has 2 aromatic heterocycles. The Bertz CT molecular complexity index is 875. The second kappa shape index (κ2) is 6.37. The average Bonchev–Trinajstić information content (AvgIpc) is 3.21. The van der Waals surface area contributed by atoms with E-state index < -0.39 is 12.0 Å². The molecule has 2 aliphatic rings. The molecule has 138 valence electrons. The fourth-order valence-corrected chi connectivity index (χ4v) is 4.66. The van der Waals surface area contributed by atoms with Crippen LogP contribution in [-0.2, 0) is 11.3 Å². The van der Waals surface area contributed by atoms with Gasteiger partial charge in [-0.3, -0.25) is 4.79 Å². The molecule has 1 saturated heterocycles. The van der Waals surface area contributed by atoms with Gasteiger partial charge in [-0.15, -0.1) is 0 Å². The summed E-state index contributed by atoms with van der Waals surface area (Å²) in [7, 11) is 0. The zero-order chi connectivity index (χ0) is 18.4. The third-order valence-corrected chi connectivity index (χ3v) is 5.94. The van der Waals surface area contributed by atoms with Crippen molar-refractivity contribution < 1.29 is 14.7 Å². The molecule has 1 saturated carbocycles. The van der Waals surface area contributed by atoms with Crippen LogP contribution in [-0.4, -0.2) is 48.7 Å². The van der Waals surface area contributed by atoms with Crippen molar-refractivity contribution in [3.63, 3.8) is 0 Å². The van der Waals surface area contributed by atoms with Crippen molar-refractivity contribution in [3.8, 4) is 0 Å². The maximum absolute atomic E-state index is 13.4. The molecular formula is C19H24N4O3. The average molecular weight is 356 g/mol. The summed E-state index contributed by atoms with van der Waals surface area (Å²) in [5, 5.41) is 14.8. The van der Waals surface area contributed by atoms with Crippen molar-refractivity contribution in [2.75, 3.05) is 0 Å². The van der Waals surface area contributed by atoms with Crippen LogP contribution in [0, 0.1) is 12.8 Å². The highest BCUT2D eigenvalue weighted by molar-refractivity contribution is 6.00. The predicted molar refractivity (Wildman–Crippen MR) is 95.9 cm³/mol. The van der Waals surface area contributed by atoms with Crippen LogP contribution in [0.1, 0.15) is 55.1 Å². The van der Waals surface area contributed by atoms with Gasteiger partial charge in [0.05, 0.1) is 17.5 Å². The molecule has 3 unspecified atom stereocenters. The standard InChI is InChI=1S/C19H24N4O3/c1-3-22-17-13(10-20-22)8-14(11(2)21-17)18(24)23-15-7-5-4-6-12(15)9-16(23)19(25)26/h8,10,12,15-16H,3-7,9H2,1-2H3,(H,25,26). The first kappa shape index (κ1) is 17.0. The Balaban J connectivity index is 1.74. The van der Waals surface area contributed by atoms with E-state index >= 15 is 0 Å². The van der Waals surface area contributed by atoms with Crippen LogP contribution in [0.25, 0.3) is 11.0 Å². The van der Waals surface area contributed by atoms with E-state index in [1.807, 2.05) is 19.9 Å². The van der Waals surface area contributed by atoms with E-state index in [9.17, 15) is 14.7 Å². The second-order valence-corrected chi connectivity index (χ2v) is 7.41. The summed E-state index contributed by atoms with van der Waals surface area (Å²) in [4.78, 5) is 31.4. The lowest BCUT2D eigenvalue weighted by atomic mass is 9.84. The number of nitrogens with zero attached hydrogens (tertiary/aromatic N) is 4. The number of carbonyl (C=O) groups is 2. The molecular weight excluding hydrogens is 332 g/mol. The number of aliphatic carboxylic acids is 1. The summed E-state index contributed by atoms with van der Waals surface area (Å²) in [6.45, 7) is 4.51. The Labute approximate surface area is 152 Å². The van der Waals surface area contributed by atoms with E-state index in [0.717, 1.165) is 36.7 Å². The zero-order valence-corrected chi connectivity index (χ0v) is 15.2. The fourth-order valence-electron chi connectivity index (χ4n) is 4.66. The number of likely N-dealkylation sites (tertiary alicyclic amines) is 1. The highest BCUT2D eigenvalue weighted by atomic mass is 16.4. The van der Waals surface area contributed by atoms with Crippen molar-refractivity contribution in [2.24, 2.45) is 5.92 Å². The number of rotatable bonds is 3. The van der Waals surface area contributed by atoms with Gasteiger partial charge in [-0.2, -0.15) is 5.10 Å². The summed E-state index contributed by atoms with van der Waals surface area (Å²) in [6, 6.07) is 1.11. The van der Waals surface area contributed by atoms with Crippen molar-refractivity contribution in [2.45, 2.75) is 64.6 Å². The van der Waals surface area contributed by atoms with E-state index in [-0.39, 0.29) is 11.9 Å². The van der Waals surface area contributed by atoms with Crippen LogP contribution in [0.4, 0.5) is 0 Å². The lowest BCUT2D eigenvalue weighted by molar-refractivity contribution is -0.141. The van der Waals surface area contributed by atoms with E-state index in [1.165, 1.54) is 0 Å². The van der Waals surface area contributed by atoms with Crippen molar-refractivity contribution in [1.29, 1.82) is 0 Å². The lowest BCUT2D eigenvalue weighted by Crippen LogP contribution is -2.46. The summed E-state index contributed by atoms with van der Waals surface area (Å²) < 4.78 is 1.80. The monoisotopic (exact) mass is 356 g/mol. The summed E-state index contributed by atoms with van der Waals surface area (Å²) in [6.07, 6.45) is 6.36. The molecule has 0 aromatic carbocycles. The van der Waals surface area contributed by atoms with Gasteiger partial charge < -0.3 is 10.0 Å². The third kappa shape index (κ3) is 2.57. The zero-order valence-electron chi connectivity index (χ0n) is 15.2. The summed E-state index contributed by atoms with van der Waals surface area (Å²) in [5.41, 5.74) is 1.88. The second-order valence-electron chi connectivity index (χ2n) is 7.41. The Hall–Kier alpha value is -2.44. The van der Waals surface area contributed by atoms with E-state index in [4.69, 9.17) is 0 Å². The van der Waals surface area contributed by atoms with Gasteiger partial charge in [0.1, 0.15) is 6.04 Å². The van der Waals surface area contributed by atoms with Gasteiger partial charge in [0.25, 0.3) is 5.91 Å². The first-order valence-electron chi connectivity index (χ1n) is 9.40. The number of carboxylic acid groups (broad SMARTS) is 1. The SMILES string of the molecule is CCn1ncc2cc(C(=O)N3C(C(=O)O)CC4CCCCC43)c(C)nc21. The molecule has 3 atom stereocenters. The first-order chi connectivity index (χ1) is 12.5. The van der Waals surface area contributed by atoms with E-state index in [1.54, 1.807) is 15.8 Å². The Morgan fingerprint density at radius 1 is 1.31 bits per heavy atom. The van der Waals surface area contributed by atoms with Crippen molar-refractivity contribution >= 4 is 22.9 Å². The topological polar surface area (TPSA) is 88.3 Å². The van der Waals surface area contributed by atoms with Crippen LogP contribution in [0.5, 0.6) is 0 Å². The Morgan fingerprint density at radius 2 is 2.08 bits per heavy atom. The molecule has 1 aliphatic heterocycles. The minimum atomic E-state index is -0.904. The Kier molecular flexibility index (Phi) is 4.17. The molecule has 2 aromatic rings. The van der Waals surface area contributed by atoms with Gasteiger partial charge in [-0.05, 0) is 45.1 Å². The van der Waals surface area contributed by atoms with Gasteiger partial charge in [-0.25, -0.2) is 14.5 Å². The van der Waals surface area contributed by atoms with Gasteiger partial charge in [-0.1, -0.05) is 12.8 Å².